The van der Waals surface area contributed by atoms with Crippen LogP contribution >= 0.6 is 12.4 Å². The molecule has 2 rings (SSSR count). The number of piperazine rings is 1. The molecule has 0 unspecified atom stereocenters. The molecule has 1 saturated heterocycles. The first-order chi connectivity index (χ1) is 8.17. The zero-order valence-corrected chi connectivity index (χ0v) is 12.1. The lowest BCUT2D eigenvalue weighted by Crippen LogP contribution is -2.48. The fourth-order valence-corrected chi connectivity index (χ4v) is 2.29. The summed E-state index contributed by atoms with van der Waals surface area (Å²) >= 11 is 0. The molecule has 18 heavy (non-hydrogen) atoms. The van der Waals surface area contributed by atoms with Gasteiger partial charge >= 0.3 is 0 Å². The number of aryl methyl sites for hydroxylation is 1. The number of methoxy groups -OCH3 is 1. The van der Waals surface area contributed by atoms with Crippen LogP contribution in [0, 0.1) is 6.92 Å². The van der Waals surface area contributed by atoms with E-state index in [-0.39, 0.29) is 12.4 Å². The topological polar surface area (TPSA) is 37.4 Å². The summed E-state index contributed by atoms with van der Waals surface area (Å²) in [5.41, 5.74) is 2.11. The highest BCUT2D eigenvalue weighted by molar-refractivity contribution is 5.85. The number of hydrogen-bond acceptors (Lipinski definition) is 4. The van der Waals surface area contributed by atoms with Crippen LogP contribution in [0.1, 0.15) is 18.3 Å². The highest BCUT2D eigenvalue weighted by atomic mass is 35.5. The predicted octanol–water partition coefficient (Wildman–Crippen LogP) is 1.61. The maximum absolute atomic E-state index is 5.28. The number of rotatable bonds is 3. The molecule has 0 aromatic carbocycles. The van der Waals surface area contributed by atoms with Gasteiger partial charge in [-0.05, 0) is 13.8 Å². The number of halogens is 1. The molecule has 4 nitrogen and oxygen atoms in total. The van der Waals surface area contributed by atoms with Crippen molar-refractivity contribution in [1.82, 2.24) is 15.2 Å². The molecule has 1 aliphatic rings. The quantitative estimate of drug-likeness (QED) is 0.907. The zero-order valence-electron chi connectivity index (χ0n) is 11.3. The smallest absolute Gasteiger partial charge is 0.122 e. The lowest BCUT2D eigenvalue weighted by atomic mass is 10.2. The molecule has 0 radical (unpaired) electrons. The van der Waals surface area contributed by atoms with Gasteiger partial charge in [-0.2, -0.15) is 0 Å². The Bertz CT molecular complexity index is 386. The van der Waals surface area contributed by atoms with E-state index in [1.54, 1.807) is 7.11 Å². The Hall–Kier alpha value is -0.840. The van der Waals surface area contributed by atoms with Crippen LogP contribution in [-0.2, 0) is 6.54 Å². The van der Waals surface area contributed by atoms with Gasteiger partial charge in [0.2, 0.25) is 0 Å². The van der Waals surface area contributed by atoms with E-state index in [0.29, 0.717) is 6.04 Å². The van der Waals surface area contributed by atoms with Crippen LogP contribution in [-0.4, -0.2) is 42.7 Å². The van der Waals surface area contributed by atoms with Gasteiger partial charge in [0.1, 0.15) is 5.75 Å². The standard InChI is InChI=1S/C13H21N3O.ClH/c1-10-6-13(17-3)7-12(15-10)9-16-5-4-14-11(2)8-16;/h6-7,11,14H,4-5,8-9H2,1-3H3;1H/t11-;/m0./s1. The summed E-state index contributed by atoms with van der Waals surface area (Å²) in [4.78, 5) is 6.99. The van der Waals surface area contributed by atoms with Crippen molar-refractivity contribution in [3.63, 3.8) is 0 Å². The second-order valence-electron chi connectivity index (χ2n) is 4.73. The Morgan fingerprint density at radius 3 is 2.94 bits per heavy atom. The summed E-state index contributed by atoms with van der Waals surface area (Å²) in [7, 11) is 1.70. The normalized spacial score (nSPS) is 20.3. The molecule has 0 spiro atoms. The average Bonchev–Trinajstić information content (AvgIpc) is 2.28. The molecule has 1 aromatic rings. The van der Waals surface area contributed by atoms with E-state index in [4.69, 9.17) is 4.74 Å². The number of aromatic nitrogens is 1. The third-order valence-corrected chi connectivity index (χ3v) is 3.05. The van der Waals surface area contributed by atoms with Crippen molar-refractivity contribution in [2.75, 3.05) is 26.7 Å². The van der Waals surface area contributed by atoms with Crippen molar-refractivity contribution in [2.45, 2.75) is 26.4 Å². The van der Waals surface area contributed by atoms with Crippen LogP contribution in [0.25, 0.3) is 0 Å². The number of hydrogen-bond donors (Lipinski definition) is 1. The van der Waals surface area contributed by atoms with E-state index in [9.17, 15) is 0 Å². The second-order valence-corrected chi connectivity index (χ2v) is 4.73. The fraction of sp³-hybridized carbons (Fsp3) is 0.615. The number of nitrogens with zero attached hydrogens (tertiary/aromatic N) is 2. The van der Waals surface area contributed by atoms with Crippen LogP contribution in [0.3, 0.4) is 0 Å². The molecule has 0 saturated carbocycles. The molecule has 1 aliphatic heterocycles. The minimum Gasteiger partial charge on any atom is -0.497 e. The van der Waals surface area contributed by atoms with Gasteiger partial charge < -0.3 is 10.1 Å². The number of pyridine rings is 1. The first-order valence-corrected chi connectivity index (χ1v) is 6.14. The molecule has 1 atom stereocenters. The van der Waals surface area contributed by atoms with Crippen molar-refractivity contribution in [1.29, 1.82) is 0 Å². The third-order valence-electron chi connectivity index (χ3n) is 3.05. The van der Waals surface area contributed by atoms with Crippen molar-refractivity contribution in [3.8, 4) is 5.75 Å². The first kappa shape index (κ1) is 15.2. The van der Waals surface area contributed by atoms with Gasteiger partial charge in [0, 0.05) is 50.0 Å². The Kier molecular flexibility index (Phi) is 5.85. The van der Waals surface area contributed by atoms with Gasteiger partial charge in [0.25, 0.3) is 0 Å². The van der Waals surface area contributed by atoms with E-state index < -0.39 is 0 Å². The third kappa shape index (κ3) is 4.12. The Labute approximate surface area is 115 Å². The molecule has 0 amide bonds. The maximum atomic E-state index is 5.28. The largest absolute Gasteiger partial charge is 0.497 e. The fourth-order valence-electron chi connectivity index (χ4n) is 2.29. The highest BCUT2D eigenvalue weighted by Gasteiger charge is 2.16. The highest BCUT2D eigenvalue weighted by Crippen LogP contribution is 2.15. The molecule has 1 fully saturated rings. The van der Waals surface area contributed by atoms with E-state index in [1.165, 1.54) is 0 Å². The predicted molar refractivity (Wildman–Crippen MR) is 75.5 cm³/mol. The summed E-state index contributed by atoms with van der Waals surface area (Å²) in [5, 5.41) is 3.44. The molecular formula is C13H22ClN3O. The second kappa shape index (κ2) is 6.92. The van der Waals surface area contributed by atoms with Crippen molar-refractivity contribution in [3.05, 3.63) is 23.5 Å². The summed E-state index contributed by atoms with van der Waals surface area (Å²) in [6.07, 6.45) is 0. The number of ether oxygens (including phenoxy) is 1. The van der Waals surface area contributed by atoms with Crippen molar-refractivity contribution >= 4 is 12.4 Å². The van der Waals surface area contributed by atoms with E-state index in [0.717, 1.165) is 43.3 Å². The van der Waals surface area contributed by atoms with Gasteiger partial charge in [-0.15, -0.1) is 12.4 Å². The van der Waals surface area contributed by atoms with Gasteiger partial charge in [-0.1, -0.05) is 0 Å². The van der Waals surface area contributed by atoms with Gasteiger partial charge in [-0.25, -0.2) is 0 Å². The van der Waals surface area contributed by atoms with E-state index in [1.807, 2.05) is 19.1 Å². The monoisotopic (exact) mass is 271 g/mol. The van der Waals surface area contributed by atoms with Gasteiger partial charge in [0.05, 0.1) is 12.8 Å². The molecule has 5 heteroatoms. The Balaban J connectivity index is 0.00000162. The van der Waals surface area contributed by atoms with E-state index in [2.05, 4.69) is 22.1 Å². The molecule has 102 valence electrons. The molecular weight excluding hydrogens is 250 g/mol. The summed E-state index contributed by atoms with van der Waals surface area (Å²) < 4.78 is 5.28. The molecule has 0 bridgehead atoms. The van der Waals surface area contributed by atoms with Crippen LogP contribution < -0.4 is 10.1 Å². The summed E-state index contributed by atoms with van der Waals surface area (Å²) in [6, 6.07) is 4.55. The van der Waals surface area contributed by atoms with E-state index >= 15 is 0 Å². The summed E-state index contributed by atoms with van der Waals surface area (Å²) in [5.74, 6) is 0.899. The Morgan fingerprint density at radius 1 is 1.50 bits per heavy atom. The first-order valence-electron chi connectivity index (χ1n) is 6.14. The van der Waals surface area contributed by atoms with Crippen LogP contribution in [0.15, 0.2) is 12.1 Å². The summed E-state index contributed by atoms with van der Waals surface area (Å²) in [6.45, 7) is 8.36. The zero-order chi connectivity index (χ0) is 12.3. The Morgan fingerprint density at radius 2 is 2.28 bits per heavy atom. The van der Waals surface area contributed by atoms with Crippen molar-refractivity contribution < 1.29 is 4.74 Å². The molecule has 1 aromatic heterocycles. The SMILES string of the molecule is COc1cc(C)nc(CN2CCN[C@@H](C)C2)c1.Cl. The van der Waals surface area contributed by atoms with Crippen molar-refractivity contribution in [2.24, 2.45) is 0 Å². The van der Waals surface area contributed by atoms with Crippen LogP contribution in [0.2, 0.25) is 0 Å². The lowest BCUT2D eigenvalue weighted by molar-refractivity contribution is 0.197. The molecule has 1 N–H and O–H groups in total. The molecule has 2 heterocycles. The molecule has 0 aliphatic carbocycles. The van der Waals surface area contributed by atoms with Gasteiger partial charge in [0.15, 0.2) is 0 Å². The van der Waals surface area contributed by atoms with Gasteiger partial charge in [-0.3, -0.25) is 9.88 Å². The number of nitrogens with one attached hydrogen (secondary N) is 1. The lowest BCUT2D eigenvalue weighted by Gasteiger charge is -2.31. The minimum absolute atomic E-state index is 0. The van der Waals surface area contributed by atoms with Crippen LogP contribution in [0.4, 0.5) is 0 Å². The van der Waals surface area contributed by atoms with Crippen LogP contribution in [0.5, 0.6) is 5.75 Å². The minimum atomic E-state index is 0. The maximum Gasteiger partial charge on any atom is 0.122 e. The average molecular weight is 272 g/mol.